The molecule has 1 aliphatic carbocycles. The van der Waals surface area contributed by atoms with Gasteiger partial charge in [0.15, 0.2) is 0 Å². The van der Waals surface area contributed by atoms with Crippen LogP contribution in [-0.4, -0.2) is 57.4 Å². The molecule has 25 heavy (non-hydrogen) atoms. The molecule has 0 saturated carbocycles. The van der Waals surface area contributed by atoms with E-state index in [-0.39, 0.29) is 17.7 Å². The molecule has 0 bridgehead atoms. The molecule has 1 atom stereocenters. The number of carbonyl (C=O) groups excluding carboxylic acids is 2. The Kier molecular flexibility index (Phi) is 4.26. The summed E-state index contributed by atoms with van der Waals surface area (Å²) >= 11 is 0. The van der Waals surface area contributed by atoms with Crippen LogP contribution in [0.5, 0.6) is 0 Å². The van der Waals surface area contributed by atoms with Crippen LogP contribution in [0, 0.1) is 5.92 Å². The average molecular weight is 338 g/mol. The van der Waals surface area contributed by atoms with Gasteiger partial charge in [-0.1, -0.05) is 18.2 Å². The molecule has 130 valence electrons. The minimum absolute atomic E-state index is 0.00565. The molecule has 6 heteroatoms. The van der Waals surface area contributed by atoms with Gasteiger partial charge in [-0.15, -0.1) is 0 Å². The van der Waals surface area contributed by atoms with Crippen LogP contribution in [0.2, 0.25) is 0 Å². The third-order valence-electron chi connectivity index (χ3n) is 5.15. The van der Waals surface area contributed by atoms with Gasteiger partial charge in [-0.3, -0.25) is 9.59 Å². The van der Waals surface area contributed by atoms with Gasteiger partial charge in [0.1, 0.15) is 0 Å². The van der Waals surface area contributed by atoms with Crippen LogP contribution in [0.4, 0.5) is 0 Å². The molecule has 4 rings (SSSR count). The van der Waals surface area contributed by atoms with Gasteiger partial charge in [0.05, 0.1) is 17.3 Å². The third kappa shape index (κ3) is 3.04. The van der Waals surface area contributed by atoms with E-state index in [0.29, 0.717) is 31.7 Å². The SMILES string of the molecule is O=C(c1cnn2ccccc12)N1CCN(C(=O)[C@@H]2CC=CCC2)CC1. The van der Waals surface area contributed by atoms with Gasteiger partial charge in [0.25, 0.3) is 5.91 Å². The lowest BCUT2D eigenvalue weighted by Crippen LogP contribution is -2.52. The topological polar surface area (TPSA) is 57.9 Å². The van der Waals surface area contributed by atoms with Crippen LogP contribution < -0.4 is 0 Å². The highest BCUT2D eigenvalue weighted by molar-refractivity contribution is 6.00. The van der Waals surface area contributed by atoms with Crippen molar-refractivity contribution in [2.75, 3.05) is 26.2 Å². The number of pyridine rings is 1. The Hall–Kier alpha value is -2.63. The number of allylic oxidation sites excluding steroid dienone is 2. The highest BCUT2D eigenvalue weighted by Crippen LogP contribution is 2.22. The number of aromatic nitrogens is 2. The largest absolute Gasteiger partial charge is 0.339 e. The van der Waals surface area contributed by atoms with E-state index in [1.54, 1.807) is 10.7 Å². The van der Waals surface area contributed by atoms with E-state index in [4.69, 9.17) is 0 Å². The number of rotatable bonds is 2. The zero-order valence-electron chi connectivity index (χ0n) is 14.2. The summed E-state index contributed by atoms with van der Waals surface area (Å²) in [6.07, 6.45) is 10.5. The maximum atomic E-state index is 12.8. The summed E-state index contributed by atoms with van der Waals surface area (Å²) in [5, 5.41) is 4.24. The van der Waals surface area contributed by atoms with Crippen molar-refractivity contribution in [1.29, 1.82) is 0 Å². The first-order valence-electron chi connectivity index (χ1n) is 8.89. The Balaban J connectivity index is 1.40. The zero-order valence-corrected chi connectivity index (χ0v) is 14.2. The van der Waals surface area contributed by atoms with Crippen LogP contribution in [0.25, 0.3) is 5.52 Å². The third-order valence-corrected chi connectivity index (χ3v) is 5.15. The standard InChI is InChI=1S/C19H22N4O2/c24-18(15-6-2-1-3-7-15)21-10-12-22(13-11-21)19(25)16-14-20-23-9-5-4-8-17(16)23/h1-2,4-5,8-9,14-15H,3,6-7,10-13H2/t15-/m1/s1. The van der Waals surface area contributed by atoms with Gasteiger partial charge in [-0.2, -0.15) is 5.10 Å². The summed E-state index contributed by atoms with van der Waals surface area (Å²) in [5.41, 5.74) is 1.44. The van der Waals surface area contributed by atoms with E-state index in [2.05, 4.69) is 17.3 Å². The van der Waals surface area contributed by atoms with Crippen LogP contribution in [-0.2, 0) is 4.79 Å². The number of fused-ring (bicyclic) bond motifs is 1. The van der Waals surface area contributed by atoms with Crippen LogP contribution in [0.1, 0.15) is 29.6 Å². The lowest BCUT2D eigenvalue weighted by Gasteiger charge is -2.36. The van der Waals surface area contributed by atoms with Crippen molar-refractivity contribution in [3.05, 3.63) is 48.3 Å². The molecule has 0 radical (unpaired) electrons. The lowest BCUT2D eigenvalue weighted by molar-refractivity contribution is -0.137. The second-order valence-electron chi connectivity index (χ2n) is 6.69. The molecule has 2 amide bonds. The maximum Gasteiger partial charge on any atom is 0.257 e. The Morgan fingerprint density at radius 1 is 1.04 bits per heavy atom. The second kappa shape index (κ2) is 6.70. The number of carbonyl (C=O) groups is 2. The van der Waals surface area contributed by atoms with E-state index < -0.39 is 0 Å². The first-order valence-corrected chi connectivity index (χ1v) is 8.89. The Bertz CT molecular complexity index is 818. The van der Waals surface area contributed by atoms with Crippen LogP contribution in [0.15, 0.2) is 42.7 Å². The maximum absolute atomic E-state index is 12.8. The van der Waals surface area contributed by atoms with Gasteiger partial charge < -0.3 is 9.80 Å². The van der Waals surface area contributed by atoms with Crippen molar-refractivity contribution in [3.8, 4) is 0 Å². The van der Waals surface area contributed by atoms with E-state index in [0.717, 1.165) is 24.8 Å². The summed E-state index contributed by atoms with van der Waals surface area (Å²) in [4.78, 5) is 29.2. The average Bonchev–Trinajstić information content (AvgIpc) is 3.12. The molecule has 6 nitrogen and oxygen atoms in total. The molecular weight excluding hydrogens is 316 g/mol. The van der Waals surface area contributed by atoms with Crippen molar-refractivity contribution in [1.82, 2.24) is 19.4 Å². The fraction of sp³-hybridized carbons (Fsp3) is 0.421. The zero-order chi connectivity index (χ0) is 17.2. The van der Waals surface area contributed by atoms with Crippen molar-refractivity contribution in [2.45, 2.75) is 19.3 Å². The van der Waals surface area contributed by atoms with E-state index in [9.17, 15) is 9.59 Å². The molecule has 1 fully saturated rings. The number of hydrogen-bond acceptors (Lipinski definition) is 3. The minimum Gasteiger partial charge on any atom is -0.339 e. The molecule has 1 aliphatic heterocycles. The van der Waals surface area contributed by atoms with Crippen molar-refractivity contribution in [2.24, 2.45) is 5.92 Å². The molecule has 0 N–H and O–H groups in total. The summed E-state index contributed by atoms with van der Waals surface area (Å²) in [5.74, 6) is 0.355. The molecular formula is C19H22N4O2. The van der Waals surface area contributed by atoms with Crippen molar-refractivity contribution >= 4 is 17.3 Å². The van der Waals surface area contributed by atoms with Crippen LogP contribution >= 0.6 is 0 Å². The molecule has 1 saturated heterocycles. The van der Waals surface area contributed by atoms with E-state index in [1.807, 2.05) is 34.2 Å². The molecule has 2 aromatic heterocycles. The smallest absolute Gasteiger partial charge is 0.257 e. The van der Waals surface area contributed by atoms with Crippen molar-refractivity contribution < 1.29 is 9.59 Å². The Labute approximate surface area is 146 Å². The van der Waals surface area contributed by atoms with Gasteiger partial charge in [-0.05, 0) is 31.4 Å². The lowest BCUT2D eigenvalue weighted by atomic mass is 9.93. The predicted octanol–water partition coefficient (Wildman–Crippen LogP) is 1.97. The van der Waals surface area contributed by atoms with Gasteiger partial charge in [-0.25, -0.2) is 4.52 Å². The summed E-state index contributed by atoms with van der Waals surface area (Å²) < 4.78 is 1.71. The number of hydrogen-bond donors (Lipinski definition) is 0. The Morgan fingerprint density at radius 2 is 1.84 bits per heavy atom. The fourth-order valence-corrected chi connectivity index (χ4v) is 3.68. The second-order valence-corrected chi connectivity index (χ2v) is 6.69. The molecule has 3 heterocycles. The number of piperazine rings is 1. The van der Waals surface area contributed by atoms with Crippen molar-refractivity contribution in [3.63, 3.8) is 0 Å². The molecule has 0 unspecified atom stereocenters. The highest BCUT2D eigenvalue weighted by atomic mass is 16.2. The first-order chi connectivity index (χ1) is 12.2. The Morgan fingerprint density at radius 3 is 2.60 bits per heavy atom. The predicted molar refractivity (Wildman–Crippen MR) is 94.2 cm³/mol. The van der Waals surface area contributed by atoms with Crippen LogP contribution in [0.3, 0.4) is 0 Å². The number of amides is 2. The van der Waals surface area contributed by atoms with Gasteiger partial charge >= 0.3 is 0 Å². The van der Waals surface area contributed by atoms with E-state index >= 15 is 0 Å². The molecule has 2 aliphatic rings. The molecule has 2 aromatic rings. The normalized spacial score (nSPS) is 20.9. The summed E-state index contributed by atoms with van der Waals surface area (Å²) in [6.45, 7) is 2.39. The monoisotopic (exact) mass is 338 g/mol. The van der Waals surface area contributed by atoms with Gasteiger partial charge in [0, 0.05) is 38.3 Å². The first kappa shape index (κ1) is 15.9. The highest BCUT2D eigenvalue weighted by Gasteiger charge is 2.29. The number of nitrogens with zero attached hydrogens (tertiary/aromatic N) is 4. The fourth-order valence-electron chi connectivity index (χ4n) is 3.68. The summed E-state index contributed by atoms with van der Waals surface area (Å²) in [7, 11) is 0. The summed E-state index contributed by atoms with van der Waals surface area (Å²) in [6, 6.07) is 5.69. The minimum atomic E-state index is -0.00565. The molecule has 0 spiro atoms. The van der Waals surface area contributed by atoms with Gasteiger partial charge in [0.2, 0.25) is 5.91 Å². The molecule has 0 aromatic carbocycles. The van der Waals surface area contributed by atoms with E-state index in [1.165, 1.54) is 0 Å². The quantitative estimate of drug-likeness (QED) is 0.787.